The summed E-state index contributed by atoms with van der Waals surface area (Å²) in [6.45, 7) is -0.271. The molecule has 0 aliphatic carbocycles. The highest BCUT2D eigenvalue weighted by molar-refractivity contribution is 8.18. The molecule has 2 aromatic carbocycles. The number of thioether (sulfide) groups is 1. The number of halogens is 4. The van der Waals surface area contributed by atoms with Crippen molar-refractivity contribution in [3.8, 4) is 0 Å². The Hall–Kier alpha value is -2.81. The number of benzene rings is 2. The lowest BCUT2D eigenvalue weighted by Gasteiger charge is -2.15. The van der Waals surface area contributed by atoms with Gasteiger partial charge in [0.15, 0.2) is 0 Å². The normalized spacial score (nSPS) is 16.3. The monoisotopic (exact) mass is 396 g/mol. The first-order valence-corrected chi connectivity index (χ1v) is 8.48. The van der Waals surface area contributed by atoms with Crippen LogP contribution in [-0.4, -0.2) is 22.7 Å². The highest BCUT2D eigenvalue weighted by atomic mass is 32.2. The smallest absolute Gasteiger partial charge is 0.367 e. The minimum Gasteiger partial charge on any atom is -0.367 e. The lowest BCUT2D eigenvalue weighted by Crippen LogP contribution is -2.33. The summed E-state index contributed by atoms with van der Waals surface area (Å²) in [6, 6.07) is 9.84. The van der Waals surface area contributed by atoms with E-state index in [4.69, 9.17) is 0 Å². The van der Waals surface area contributed by atoms with E-state index >= 15 is 0 Å². The van der Waals surface area contributed by atoms with Crippen LogP contribution in [-0.2, 0) is 11.0 Å². The van der Waals surface area contributed by atoms with Crippen molar-refractivity contribution >= 4 is 34.7 Å². The molecule has 0 unspecified atom stereocenters. The predicted molar refractivity (Wildman–Crippen MR) is 94.1 cm³/mol. The van der Waals surface area contributed by atoms with Crippen molar-refractivity contribution < 1.29 is 27.2 Å². The van der Waals surface area contributed by atoms with Crippen LogP contribution in [0.25, 0.3) is 6.08 Å². The van der Waals surface area contributed by atoms with Crippen molar-refractivity contribution in [1.82, 2.24) is 4.90 Å². The van der Waals surface area contributed by atoms with Gasteiger partial charge >= 0.3 is 6.18 Å². The molecule has 2 amide bonds. The van der Waals surface area contributed by atoms with Gasteiger partial charge in [0.05, 0.1) is 17.1 Å². The molecule has 0 spiro atoms. The maximum Gasteiger partial charge on any atom is 0.416 e. The fraction of sp³-hybridized carbons (Fsp3) is 0.111. The minimum absolute atomic E-state index is 0.131. The van der Waals surface area contributed by atoms with E-state index in [9.17, 15) is 27.2 Å². The van der Waals surface area contributed by atoms with Crippen LogP contribution in [0.1, 0.15) is 11.1 Å². The fourth-order valence-electron chi connectivity index (χ4n) is 2.32. The zero-order valence-corrected chi connectivity index (χ0v) is 14.4. The van der Waals surface area contributed by atoms with E-state index in [0.717, 1.165) is 17.0 Å². The van der Waals surface area contributed by atoms with E-state index in [1.165, 1.54) is 42.5 Å². The number of hydrogen-bond donors (Lipinski definition) is 1. The molecule has 1 N–H and O–H groups in total. The molecule has 2 aromatic rings. The SMILES string of the molecule is O=C1S/C(=C/c2ccc(F)cc2)C(=O)N1CNc1cccc(C(F)(F)F)c1. The van der Waals surface area contributed by atoms with Gasteiger partial charge in [-0.1, -0.05) is 18.2 Å². The van der Waals surface area contributed by atoms with Gasteiger partial charge in [-0.05, 0) is 53.7 Å². The van der Waals surface area contributed by atoms with Crippen molar-refractivity contribution in [1.29, 1.82) is 0 Å². The molecular weight excluding hydrogens is 384 g/mol. The molecule has 4 nitrogen and oxygen atoms in total. The maximum atomic E-state index is 12.9. The number of carbonyl (C=O) groups is 2. The molecule has 3 rings (SSSR count). The van der Waals surface area contributed by atoms with E-state index in [0.29, 0.717) is 17.3 Å². The highest BCUT2D eigenvalue weighted by Gasteiger charge is 2.35. The molecule has 1 aliphatic heterocycles. The predicted octanol–water partition coefficient (Wildman–Crippen LogP) is 4.95. The Morgan fingerprint density at radius 1 is 1.07 bits per heavy atom. The molecule has 1 fully saturated rings. The first-order chi connectivity index (χ1) is 12.7. The Morgan fingerprint density at radius 2 is 1.78 bits per heavy atom. The first kappa shape index (κ1) is 19.0. The van der Waals surface area contributed by atoms with Gasteiger partial charge in [-0.2, -0.15) is 13.2 Å². The van der Waals surface area contributed by atoms with Crippen molar-refractivity contribution in [3.63, 3.8) is 0 Å². The third-order valence-corrected chi connectivity index (χ3v) is 4.58. The minimum atomic E-state index is -4.49. The van der Waals surface area contributed by atoms with E-state index in [-0.39, 0.29) is 17.3 Å². The zero-order chi connectivity index (χ0) is 19.6. The maximum absolute atomic E-state index is 12.9. The van der Waals surface area contributed by atoms with Gasteiger partial charge in [-0.25, -0.2) is 4.39 Å². The summed E-state index contributed by atoms with van der Waals surface area (Å²) in [5, 5.41) is 2.10. The Bertz CT molecular complexity index is 910. The van der Waals surface area contributed by atoms with Gasteiger partial charge in [0.1, 0.15) is 5.82 Å². The van der Waals surface area contributed by atoms with Crippen LogP contribution in [0.4, 0.5) is 28.0 Å². The van der Waals surface area contributed by atoms with Gasteiger partial charge in [-0.3, -0.25) is 14.5 Å². The number of nitrogens with one attached hydrogen (secondary N) is 1. The van der Waals surface area contributed by atoms with Crippen molar-refractivity contribution in [2.24, 2.45) is 0 Å². The summed E-state index contributed by atoms with van der Waals surface area (Å²) >= 11 is 0.708. The average molecular weight is 396 g/mol. The molecule has 0 aromatic heterocycles. The van der Waals surface area contributed by atoms with Gasteiger partial charge in [0.2, 0.25) is 0 Å². The third-order valence-electron chi connectivity index (χ3n) is 3.67. The van der Waals surface area contributed by atoms with Gasteiger partial charge in [0, 0.05) is 5.69 Å². The molecule has 27 heavy (non-hydrogen) atoms. The second-order valence-corrected chi connectivity index (χ2v) is 6.57. The second kappa shape index (κ2) is 7.43. The summed E-state index contributed by atoms with van der Waals surface area (Å²) in [7, 11) is 0. The number of nitrogens with zero attached hydrogens (tertiary/aromatic N) is 1. The summed E-state index contributed by atoms with van der Waals surface area (Å²) < 4.78 is 51.1. The molecule has 1 saturated heterocycles. The lowest BCUT2D eigenvalue weighted by atomic mass is 10.2. The molecule has 140 valence electrons. The van der Waals surface area contributed by atoms with Crippen LogP contribution in [0, 0.1) is 5.82 Å². The highest BCUT2D eigenvalue weighted by Crippen LogP contribution is 2.33. The Labute approximate surface area is 155 Å². The van der Waals surface area contributed by atoms with Gasteiger partial charge in [0.25, 0.3) is 11.1 Å². The number of amides is 2. The Balaban J connectivity index is 1.70. The van der Waals surface area contributed by atoms with Crippen LogP contribution >= 0.6 is 11.8 Å². The van der Waals surface area contributed by atoms with E-state index < -0.39 is 28.7 Å². The number of imide groups is 1. The number of rotatable bonds is 4. The topological polar surface area (TPSA) is 49.4 Å². The summed E-state index contributed by atoms with van der Waals surface area (Å²) in [6.07, 6.45) is -3.04. The van der Waals surface area contributed by atoms with Crippen molar-refractivity contribution in [2.45, 2.75) is 6.18 Å². The van der Waals surface area contributed by atoms with Crippen LogP contribution in [0.3, 0.4) is 0 Å². The van der Waals surface area contributed by atoms with E-state index in [1.807, 2.05) is 0 Å². The number of alkyl halides is 3. The van der Waals surface area contributed by atoms with Gasteiger partial charge in [-0.15, -0.1) is 0 Å². The molecule has 1 heterocycles. The Kier molecular flexibility index (Phi) is 5.22. The van der Waals surface area contributed by atoms with Crippen molar-refractivity contribution in [2.75, 3.05) is 12.0 Å². The molecule has 0 atom stereocenters. The van der Waals surface area contributed by atoms with Crippen LogP contribution in [0.5, 0.6) is 0 Å². The zero-order valence-electron chi connectivity index (χ0n) is 13.6. The second-order valence-electron chi connectivity index (χ2n) is 5.57. The number of hydrogen-bond acceptors (Lipinski definition) is 4. The number of carbonyl (C=O) groups excluding carboxylic acids is 2. The third kappa shape index (κ3) is 4.48. The van der Waals surface area contributed by atoms with E-state index in [2.05, 4.69) is 5.32 Å². The standard InChI is InChI=1S/C18H12F4N2O2S/c19-13-6-4-11(5-7-13)8-15-16(25)24(17(26)27-15)10-23-14-3-1-2-12(9-14)18(20,21)22/h1-9,23H,10H2/b15-8+. The first-order valence-electron chi connectivity index (χ1n) is 7.66. The van der Waals surface area contributed by atoms with Crippen LogP contribution < -0.4 is 5.32 Å². The Morgan fingerprint density at radius 3 is 2.44 bits per heavy atom. The molecule has 1 aliphatic rings. The molecule has 0 radical (unpaired) electrons. The van der Waals surface area contributed by atoms with Crippen molar-refractivity contribution in [3.05, 3.63) is 70.4 Å². The lowest BCUT2D eigenvalue weighted by molar-refractivity contribution is -0.137. The van der Waals surface area contributed by atoms with E-state index in [1.54, 1.807) is 0 Å². The van der Waals surface area contributed by atoms with Crippen LogP contribution in [0.15, 0.2) is 53.4 Å². The van der Waals surface area contributed by atoms with Crippen LogP contribution in [0.2, 0.25) is 0 Å². The average Bonchev–Trinajstić information content (AvgIpc) is 2.88. The molecular formula is C18H12F4N2O2S. The quantitative estimate of drug-likeness (QED) is 0.587. The largest absolute Gasteiger partial charge is 0.416 e. The summed E-state index contributed by atoms with van der Waals surface area (Å²) in [4.78, 5) is 25.4. The summed E-state index contributed by atoms with van der Waals surface area (Å²) in [5.41, 5.74) is -0.156. The molecule has 0 saturated carbocycles. The summed E-state index contributed by atoms with van der Waals surface area (Å²) in [5.74, 6) is -1.00. The van der Waals surface area contributed by atoms with Gasteiger partial charge < -0.3 is 5.32 Å². The molecule has 9 heteroatoms. The fourth-order valence-corrected chi connectivity index (χ4v) is 3.16. The number of anilines is 1. The molecule has 0 bridgehead atoms.